The number of nitrogens with zero attached hydrogens (tertiary/aromatic N) is 3. The van der Waals surface area contributed by atoms with E-state index in [0.29, 0.717) is 16.8 Å². The van der Waals surface area contributed by atoms with Gasteiger partial charge in [0.2, 0.25) is 5.78 Å². The number of benzene rings is 3. The van der Waals surface area contributed by atoms with Crippen molar-refractivity contribution in [3.8, 4) is 0 Å². The number of hydrogen-bond donors (Lipinski definition) is 1. The molecule has 0 heterocycles. The van der Waals surface area contributed by atoms with Crippen molar-refractivity contribution in [3.05, 3.63) is 112 Å². The SMILES string of the molecule is O=C(/C(N=Nc1ccc([N+](=O)[O-])cc1)=C(\O)c1ccccc1)c1ccccc1. The summed E-state index contributed by atoms with van der Waals surface area (Å²) < 4.78 is 0. The summed E-state index contributed by atoms with van der Waals surface area (Å²) in [5.41, 5.74) is 0.773. The molecule has 0 spiro atoms. The normalized spacial score (nSPS) is 11.9. The molecule has 1 N–H and O–H groups in total. The van der Waals surface area contributed by atoms with Gasteiger partial charge in [0, 0.05) is 23.3 Å². The van der Waals surface area contributed by atoms with Crippen molar-refractivity contribution in [2.45, 2.75) is 0 Å². The Morgan fingerprint density at radius 1 is 0.821 bits per heavy atom. The largest absolute Gasteiger partial charge is 0.505 e. The Morgan fingerprint density at radius 3 is 1.89 bits per heavy atom. The predicted molar refractivity (Wildman–Crippen MR) is 104 cm³/mol. The number of hydrogen-bond acceptors (Lipinski definition) is 6. The van der Waals surface area contributed by atoms with Crippen molar-refractivity contribution in [2.75, 3.05) is 0 Å². The summed E-state index contributed by atoms with van der Waals surface area (Å²) in [6.45, 7) is 0. The summed E-state index contributed by atoms with van der Waals surface area (Å²) in [5.74, 6) is -0.798. The van der Waals surface area contributed by atoms with Crippen LogP contribution >= 0.6 is 0 Å². The van der Waals surface area contributed by atoms with Crippen LogP contribution in [0.4, 0.5) is 11.4 Å². The number of carbonyl (C=O) groups excluding carboxylic acids is 1. The number of rotatable bonds is 6. The summed E-state index contributed by atoms with van der Waals surface area (Å²) >= 11 is 0. The standard InChI is InChI=1S/C21H15N3O4/c25-20(15-7-3-1-4-8-15)19(21(26)16-9-5-2-6-10-16)23-22-17-11-13-18(14-12-17)24(27)28/h1-14,25H/b20-19+,23-22?. The van der Waals surface area contributed by atoms with Crippen LogP contribution in [0.2, 0.25) is 0 Å². The first-order valence-corrected chi connectivity index (χ1v) is 8.31. The average molecular weight is 373 g/mol. The Morgan fingerprint density at radius 2 is 1.36 bits per heavy atom. The molecule has 3 aromatic rings. The number of ketones is 1. The molecule has 0 bridgehead atoms. The summed E-state index contributed by atoms with van der Waals surface area (Å²) in [6, 6.07) is 22.3. The van der Waals surface area contributed by atoms with Crippen LogP contribution in [0.3, 0.4) is 0 Å². The van der Waals surface area contributed by atoms with Crippen LogP contribution in [-0.4, -0.2) is 15.8 Å². The monoisotopic (exact) mass is 373 g/mol. The zero-order chi connectivity index (χ0) is 19.9. The van der Waals surface area contributed by atoms with Crippen molar-refractivity contribution in [1.29, 1.82) is 0 Å². The third kappa shape index (κ3) is 4.34. The second-order valence-corrected chi connectivity index (χ2v) is 5.73. The molecule has 0 saturated heterocycles. The van der Waals surface area contributed by atoms with Gasteiger partial charge in [0.15, 0.2) is 11.5 Å². The van der Waals surface area contributed by atoms with Crippen LogP contribution in [0.25, 0.3) is 5.76 Å². The highest BCUT2D eigenvalue weighted by Crippen LogP contribution is 2.24. The molecule has 0 radical (unpaired) electrons. The van der Waals surface area contributed by atoms with Gasteiger partial charge >= 0.3 is 0 Å². The van der Waals surface area contributed by atoms with Gasteiger partial charge in [-0.2, -0.15) is 5.11 Å². The van der Waals surface area contributed by atoms with E-state index in [1.807, 2.05) is 0 Å². The Labute approximate surface area is 160 Å². The molecule has 0 aromatic heterocycles. The number of aliphatic hydroxyl groups is 1. The Balaban J connectivity index is 2.01. The minimum Gasteiger partial charge on any atom is -0.505 e. The second kappa shape index (κ2) is 8.50. The molecule has 0 unspecified atom stereocenters. The maximum atomic E-state index is 12.9. The van der Waals surface area contributed by atoms with E-state index in [-0.39, 0.29) is 17.1 Å². The smallest absolute Gasteiger partial charge is 0.269 e. The number of Topliss-reactive ketones (excluding diaryl/α,β-unsaturated/α-hetero) is 1. The lowest BCUT2D eigenvalue weighted by molar-refractivity contribution is -0.384. The van der Waals surface area contributed by atoms with Gasteiger partial charge in [-0.05, 0) is 12.1 Å². The zero-order valence-electron chi connectivity index (χ0n) is 14.6. The van der Waals surface area contributed by atoms with Gasteiger partial charge in [0.25, 0.3) is 5.69 Å². The molecule has 7 nitrogen and oxygen atoms in total. The fourth-order valence-electron chi connectivity index (χ4n) is 2.41. The van der Waals surface area contributed by atoms with E-state index in [2.05, 4.69) is 10.2 Å². The van der Waals surface area contributed by atoms with Gasteiger partial charge in [-0.15, -0.1) is 5.11 Å². The minimum absolute atomic E-state index is 0.0813. The fourth-order valence-corrected chi connectivity index (χ4v) is 2.41. The van der Waals surface area contributed by atoms with Crippen LogP contribution < -0.4 is 0 Å². The first-order valence-electron chi connectivity index (χ1n) is 8.31. The highest BCUT2D eigenvalue weighted by Gasteiger charge is 2.18. The molecule has 0 aliphatic heterocycles. The van der Waals surface area contributed by atoms with Crippen LogP contribution in [0, 0.1) is 10.1 Å². The first-order chi connectivity index (χ1) is 13.6. The first kappa shape index (κ1) is 18.7. The van der Waals surface area contributed by atoms with Crippen molar-refractivity contribution < 1.29 is 14.8 Å². The van der Waals surface area contributed by atoms with Gasteiger partial charge in [-0.25, -0.2) is 0 Å². The third-order valence-electron chi connectivity index (χ3n) is 3.85. The van der Waals surface area contributed by atoms with Crippen LogP contribution in [0.15, 0.2) is 101 Å². The number of azo groups is 1. The molecule has 138 valence electrons. The van der Waals surface area contributed by atoms with Crippen LogP contribution in [0.5, 0.6) is 0 Å². The number of nitro benzene ring substituents is 1. The fraction of sp³-hybridized carbons (Fsp3) is 0. The average Bonchev–Trinajstić information content (AvgIpc) is 2.75. The van der Waals surface area contributed by atoms with Crippen molar-refractivity contribution in [2.24, 2.45) is 10.2 Å². The zero-order valence-corrected chi connectivity index (χ0v) is 14.6. The molecule has 7 heteroatoms. The van der Waals surface area contributed by atoms with Gasteiger partial charge in [-0.1, -0.05) is 60.7 Å². The molecule has 3 rings (SSSR count). The van der Waals surface area contributed by atoms with Crippen molar-refractivity contribution >= 4 is 22.9 Å². The molecule has 0 aliphatic carbocycles. The topological polar surface area (TPSA) is 105 Å². The predicted octanol–water partition coefficient (Wildman–Crippen LogP) is 5.49. The van der Waals surface area contributed by atoms with Crippen LogP contribution in [-0.2, 0) is 0 Å². The lowest BCUT2D eigenvalue weighted by atomic mass is 10.1. The van der Waals surface area contributed by atoms with E-state index >= 15 is 0 Å². The molecule has 0 aliphatic rings. The Hall–Kier alpha value is -4.13. The summed E-state index contributed by atoms with van der Waals surface area (Å²) in [7, 11) is 0. The van der Waals surface area contributed by atoms with Crippen LogP contribution in [0.1, 0.15) is 15.9 Å². The van der Waals surface area contributed by atoms with E-state index in [4.69, 9.17) is 0 Å². The Bertz CT molecular complexity index is 1040. The summed E-state index contributed by atoms with van der Waals surface area (Å²) in [5, 5.41) is 29.3. The molecular formula is C21H15N3O4. The lowest BCUT2D eigenvalue weighted by Gasteiger charge is -2.06. The van der Waals surface area contributed by atoms with E-state index in [9.17, 15) is 20.0 Å². The number of aliphatic hydroxyl groups excluding tert-OH is 1. The van der Waals surface area contributed by atoms with E-state index in [0.717, 1.165) is 0 Å². The van der Waals surface area contributed by atoms with E-state index < -0.39 is 10.7 Å². The van der Waals surface area contributed by atoms with E-state index in [1.165, 1.54) is 24.3 Å². The Kier molecular flexibility index (Phi) is 5.66. The number of allylic oxidation sites excluding steroid dienone is 1. The molecular weight excluding hydrogens is 358 g/mol. The maximum Gasteiger partial charge on any atom is 0.269 e. The minimum atomic E-state index is -0.521. The molecule has 0 amide bonds. The second-order valence-electron chi connectivity index (χ2n) is 5.73. The molecule has 28 heavy (non-hydrogen) atoms. The molecule has 0 fully saturated rings. The van der Waals surface area contributed by atoms with Gasteiger partial charge in [0.05, 0.1) is 10.6 Å². The summed E-state index contributed by atoms with van der Waals surface area (Å²) in [4.78, 5) is 23.1. The molecule has 0 saturated carbocycles. The van der Waals surface area contributed by atoms with Gasteiger partial charge in [-0.3, -0.25) is 14.9 Å². The highest BCUT2D eigenvalue weighted by atomic mass is 16.6. The highest BCUT2D eigenvalue weighted by molar-refractivity contribution is 6.12. The number of nitro groups is 1. The third-order valence-corrected chi connectivity index (χ3v) is 3.85. The van der Waals surface area contributed by atoms with Crippen molar-refractivity contribution in [3.63, 3.8) is 0 Å². The quantitative estimate of drug-likeness (QED) is 0.154. The van der Waals surface area contributed by atoms with Crippen molar-refractivity contribution in [1.82, 2.24) is 0 Å². The van der Waals surface area contributed by atoms with E-state index in [1.54, 1.807) is 60.7 Å². The maximum absolute atomic E-state index is 12.9. The number of non-ortho nitro benzene ring substituents is 1. The van der Waals surface area contributed by atoms with Gasteiger partial charge in [0.1, 0.15) is 0 Å². The molecule has 0 atom stereocenters. The summed E-state index contributed by atoms with van der Waals surface area (Å²) in [6.07, 6.45) is 0. The number of carbonyl (C=O) groups is 1. The lowest BCUT2D eigenvalue weighted by Crippen LogP contribution is -2.04. The molecule has 3 aromatic carbocycles. The van der Waals surface area contributed by atoms with Gasteiger partial charge < -0.3 is 5.11 Å².